The lowest BCUT2D eigenvalue weighted by molar-refractivity contribution is 0.0977. The molecular weight excluding hydrogens is 311 g/mol. The van der Waals surface area contributed by atoms with E-state index < -0.39 is 14.2 Å². The fraction of sp³-hybridized carbons (Fsp3) is 0.571. The van der Waals surface area contributed by atoms with Crippen LogP contribution in [0.25, 0.3) is 0 Å². The molecule has 1 fully saturated rings. The molecule has 21 heavy (non-hydrogen) atoms. The van der Waals surface area contributed by atoms with Gasteiger partial charge in [-0.15, -0.1) is 11.6 Å². The van der Waals surface area contributed by atoms with Gasteiger partial charge in [0.05, 0.1) is 19.8 Å². The predicted molar refractivity (Wildman–Crippen MR) is 84.6 cm³/mol. The highest BCUT2D eigenvalue weighted by Gasteiger charge is 2.34. The first kappa shape index (κ1) is 14.2. The molecule has 5 nitrogen and oxygen atoms in total. The van der Waals surface area contributed by atoms with Gasteiger partial charge in [0, 0.05) is 28.2 Å². The summed E-state index contributed by atoms with van der Waals surface area (Å²) in [5.74, 6) is 0.273. The van der Waals surface area contributed by atoms with Crippen LogP contribution in [0.5, 0.6) is 0 Å². The largest absolute Gasteiger partial charge is 0.375 e. The van der Waals surface area contributed by atoms with Gasteiger partial charge >= 0.3 is 7.67 Å². The predicted octanol–water partition coefficient (Wildman–Crippen LogP) is 2.86. The third kappa shape index (κ3) is 5.37. The van der Waals surface area contributed by atoms with E-state index >= 15 is 0 Å². The number of nitrogens with one attached hydrogen (secondary N) is 1. The lowest BCUT2D eigenvalue weighted by Crippen LogP contribution is -2.37. The van der Waals surface area contributed by atoms with Crippen LogP contribution in [0.2, 0.25) is 0 Å². The van der Waals surface area contributed by atoms with Gasteiger partial charge in [-0.25, -0.2) is 9.76 Å². The number of ether oxygens (including phenoxy) is 1. The van der Waals surface area contributed by atoms with E-state index in [2.05, 4.69) is 5.09 Å². The minimum Gasteiger partial charge on any atom is -0.375 e. The van der Waals surface area contributed by atoms with Crippen molar-refractivity contribution in [3.63, 3.8) is 0 Å². The van der Waals surface area contributed by atoms with Crippen LogP contribution in [0, 0.1) is 0 Å². The second-order valence-electron chi connectivity index (χ2n) is 4.52. The fourth-order valence-electron chi connectivity index (χ4n) is 1.95. The lowest BCUT2D eigenvalue weighted by atomic mass is 10.2. The molecule has 0 aromatic heterocycles. The Kier molecular flexibility index (Phi) is 6.00. The Morgan fingerprint density at radius 1 is 1.48 bits per heavy atom. The van der Waals surface area contributed by atoms with E-state index in [1.54, 1.807) is 0 Å². The lowest BCUT2D eigenvalue weighted by Gasteiger charge is -2.34. The minimum atomic E-state index is -3.43. The minimum absolute atomic E-state index is 0.112. The summed E-state index contributed by atoms with van der Waals surface area (Å²) in [7, 11) is -3.43. The maximum absolute atomic E-state index is 12.8. The molecule has 0 spiro atoms. The van der Waals surface area contributed by atoms with Crippen molar-refractivity contribution < 1.29 is 16.6 Å². The standard InChI is InChI=1S/C14H22ClN2O3P/c15-7-8-16-21(18)17(9-4-11-20-21)10-12-19-13-14-5-2-1-3-6-14/h1-3,5-6H,4,7-13H2,(H,16,18)/i9D2. The SMILES string of the molecule is [2H]C1([2H])CCOP(=O)(NCCCl)N1CCOCc1ccccc1. The fourth-order valence-corrected chi connectivity index (χ4v) is 3.94. The Labute approximate surface area is 133 Å². The zero-order valence-corrected chi connectivity index (χ0v) is 13.5. The summed E-state index contributed by atoms with van der Waals surface area (Å²) in [6, 6.07) is 9.70. The van der Waals surface area contributed by atoms with Gasteiger partial charge in [-0.05, 0) is 12.0 Å². The number of hydrogen-bond acceptors (Lipinski definition) is 3. The third-order valence-corrected chi connectivity index (χ3v) is 5.27. The second-order valence-corrected chi connectivity index (χ2v) is 7.00. The quantitative estimate of drug-likeness (QED) is 0.450. The van der Waals surface area contributed by atoms with Crippen molar-refractivity contribution in [2.24, 2.45) is 0 Å². The van der Waals surface area contributed by atoms with Crippen LogP contribution in [0.4, 0.5) is 0 Å². The van der Waals surface area contributed by atoms with E-state index in [9.17, 15) is 4.57 Å². The molecule has 1 heterocycles. The molecule has 1 aliphatic heterocycles. The molecule has 7 heteroatoms. The highest BCUT2D eigenvalue weighted by Crippen LogP contribution is 2.48. The second kappa shape index (κ2) is 8.89. The molecule has 1 aliphatic rings. The highest BCUT2D eigenvalue weighted by atomic mass is 35.5. The monoisotopic (exact) mass is 334 g/mol. The molecule has 0 bridgehead atoms. The Morgan fingerprint density at radius 3 is 3.05 bits per heavy atom. The molecule has 1 atom stereocenters. The van der Waals surface area contributed by atoms with Crippen molar-refractivity contribution in [3.05, 3.63) is 35.9 Å². The van der Waals surface area contributed by atoms with Crippen LogP contribution < -0.4 is 5.09 Å². The molecule has 1 saturated heterocycles. The third-order valence-electron chi connectivity index (χ3n) is 2.95. The molecule has 2 rings (SSSR count). The summed E-state index contributed by atoms with van der Waals surface area (Å²) >= 11 is 5.62. The normalized spacial score (nSPS) is 27.1. The first-order chi connectivity index (χ1) is 11.0. The first-order valence-electron chi connectivity index (χ1n) is 7.93. The molecule has 0 radical (unpaired) electrons. The van der Waals surface area contributed by atoms with Gasteiger partial charge in [0.25, 0.3) is 0 Å². The Balaban J connectivity index is 1.91. The van der Waals surface area contributed by atoms with Crippen molar-refractivity contribution in [2.75, 3.05) is 38.7 Å². The molecule has 118 valence electrons. The van der Waals surface area contributed by atoms with Gasteiger partial charge < -0.3 is 9.26 Å². The van der Waals surface area contributed by atoms with E-state index in [0.717, 1.165) is 5.56 Å². The molecule has 1 aromatic carbocycles. The number of halogens is 1. The zero-order chi connectivity index (χ0) is 16.8. The average Bonchev–Trinajstić information content (AvgIpc) is 2.52. The van der Waals surface area contributed by atoms with Crippen LogP contribution in [0.15, 0.2) is 30.3 Å². The summed E-state index contributed by atoms with van der Waals surface area (Å²) in [4.78, 5) is 0. The van der Waals surface area contributed by atoms with Crippen LogP contribution in [-0.2, 0) is 20.4 Å². The number of hydrogen-bond donors (Lipinski definition) is 1. The van der Waals surface area contributed by atoms with Gasteiger partial charge in [0.15, 0.2) is 0 Å². The van der Waals surface area contributed by atoms with Crippen LogP contribution in [0.1, 0.15) is 14.7 Å². The maximum Gasteiger partial charge on any atom is 0.343 e. The summed E-state index contributed by atoms with van der Waals surface area (Å²) in [5, 5.41) is 2.74. The van der Waals surface area contributed by atoms with Gasteiger partial charge in [0.1, 0.15) is 0 Å². The van der Waals surface area contributed by atoms with E-state index in [0.29, 0.717) is 6.61 Å². The van der Waals surface area contributed by atoms with Crippen molar-refractivity contribution >= 4 is 19.3 Å². The molecule has 0 amide bonds. The van der Waals surface area contributed by atoms with Crippen molar-refractivity contribution in [2.45, 2.75) is 13.0 Å². The van der Waals surface area contributed by atoms with E-state index in [-0.39, 0.29) is 38.6 Å². The zero-order valence-electron chi connectivity index (χ0n) is 13.8. The summed E-state index contributed by atoms with van der Waals surface area (Å²) in [5.41, 5.74) is 1.04. The Bertz CT molecular complexity index is 536. The van der Waals surface area contributed by atoms with Gasteiger partial charge in [-0.3, -0.25) is 4.57 Å². The summed E-state index contributed by atoms with van der Waals surface area (Å²) in [6.07, 6.45) is 0.165. The number of nitrogens with zero attached hydrogens (tertiary/aromatic N) is 1. The van der Waals surface area contributed by atoms with E-state index in [4.69, 9.17) is 23.6 Å². The van der Waals surface area contributed by atoms with Crippen LogP contribution in [-0.4, -0.2) is 43.4 Å². The van der Waals surface area contributed by atoms with Gasteiger partial charge in [0.2, 0.25) is 0 Å². The average molecular weight is 335 g/mol. The summed E-state index contributed by atoms with van der Waals surface area (Å²) < 4.78 is 41.2. The van der Waals surface area contributed by atoms with Crippen molar-refractivity contribution in [3.8, 4) is 0 Å². The number of rotatable bonds is 8. The van der Waals surface area contributed by atoms with Crippen LogP contribution >= 0.6 is 19.3 Å². The highest BCUT2D eigenvalue weighted by molar-refractivity contribution is 7.54. The molecule has 0 saturated carbocycles. The Morgan fingerprint density at radius 2 is 2.29 bits per heavy atom. The molecule has 1 aromatic rings. The number of alkyl halides is 1. The molecular formula is C14H22ClN2O3P. The topological polar surface area (TPSA) is 50.8 Å². The summed E-state index contributed by atoms with van der Waals surface area (Å²) in [6.45, 7) is -0.449. The van der Waals surface area contributed by atoms with Crippen molar-refractivity contribution in [1.29, 1.82) is 0 Å². The van der Waals surface area contributed by atoms with Crippen LogP contribution in [0.3, 0.4) is 0 Å². The molecule has 1 unspecified atom stereocenters. The Hall–Kier alpha value is -0.420. The maximum atomic E-state index is 12.8. The first-order valence-corrected chi connectivity index (χ1v) is 9.05. The van der Waals surface area contributed by atoms with E-state index in [1.165, 1.54) is 4.67 Å². The van der Waals surface area contributed by atoms with E-state index in [1.807, 2.05) is 30.3 Å². The van der Waals surface area contributed by atoms with Gasteiger partial charge in [-0.1, -0.05) is 30.3 Å². The molecule has 1 N–H and O–H groups in total. The van der Waals surface area contributed by atoms with Gasteiger partial charge in [-0.2, -0.15) is 0 Å². The number of benzene rings is 1. The molecule has 0 aliphatic carbocycles. The smallest absolute Gasteiger partial charge is 0.343 e. The van der Waals surface area contributed by atoms with Crippen molar-refractivity contribution in [1.82, 2.24) is 9.76 Å².